The van der Waals surface area contributed by atoms with E-state index in [4.69, 9.17) is 0 Å². The topological polar surface area (TPSA) is 34.9 Å². The fraction of sp³-hybridized carbons (Fsp3) is 0.556. The minimum Gasteiger partial charge on any atom is -0.328 e. The summed E-state index contributed by atoms with van der Waals surface area (Å²) >= 11 is 0. The third kappa shape index (κ3) is 3.52. The quantitative estimate of drug-likeness (QED) is 0.824. The van der Waals surface area contributed by atoms with E-state index in [0.29, 0.717) is 18.8 Å². The number of hydrogen-bond donors (Lipinski definition) is 0. The standard InChI is InChI=1S/C18H26N2O/c1-6-20-16-10-8-7-9-15(16)19-17(20)12-14(21)11-13(2)18(3,4)5/h7-10,13H,6,11-12H2,1-5H3. The monoisotopic (exact) mass is 286 g/mol. The molecule has 1 unspecified atom stereocenters. The first-order valence-electron chi connectivity index (χ1n) is 7.78. The number of ketones is 1. The number of aryl methyl sites for hydroxylation is 1. The Balaban J connectivity index is 2.18. The average molecular weight is 286 g/mol. The van der Waals surface area contributed by atoms with E-state index in [9.17, 15) is 4.79 Å². The minimum atomic E-state index is 0.167. The molecule has 0 saturated carbocycles. The minimum absolute atomic E-state index is 0.167. The fourth-order valence-electron chi connectivity index (χ4n) is 2.51. The average Bonchev–Trinajstić information content (AvgIpc) is 2.74. The van der Waals surface area contributed by atoms with E-state index in [0.717, 1.165) is 23.4 Å². The van der Waals surface area contributed by atoms with Gasteiger partial charge in [0.15, 0.2) is 0 Å². The normalized spacial score (nSPS) is 13.6. The highest BCUT2D eigenvalue weighted by atomic mass is 16.1. The molecule has 1 aromatic heterocycles. The van der Waals surface area contributed by atoms with Crippen LogP contribution in [0.15, 0.2) is 24.3 Å². The zero-order valence-electron chi connectivity index (χ0n) is 13.8. The van der Waals surface area contributed by atoms with Crippen molar-refractivity contribution >= 4 is 16.8 Å². The summed E-state index contributed by atoms with van der Waals surface area (Å²) in [6.07, 6.45) is 1.05. The second-order valence-corrected chi connectivity index (χ2v) is 6.95. The number of para-hydroxylation sites is 2. The maximum Gasteiger partial charge on any atom is 0.140 e. The Bertz CT molecular complexity index is 634. The largest absolute Gasteiger partial charge is 0.328 e. The third-order valence-electron chi connectivity index (χ3n) is 4.42. The molecule has 0 aliphatic carbocycles. The van der Waals surface area contributed by atoms with Gasteiger partial charge in [0.1, 0.15) is 11.6 Å². The van der Waals surface area contributed by atoms with Crippen molar-refractivity contribution in [1.82, 2.24) is 9.55 Å². The van der Waals surface area contributed by atoms with Crippen molar-refractivity contribution in [2.45, 2.75) is 54.0 Å². The van der Waals surface area contributed by atoms with E-state index >= 15 is 0 Å². The summed E-state index contributed by atoms with van der Waals surface area (Å²) in [4.78, 5) is 17.0. The molecule has 0 N–H and O–H groups in total. The maximum atomic E-state index is 12.4. The second-order valence-electron chi connectivity index (χ2n) is 6.95. The van der Waals surface area contributed by atoms with Crippen LogP contribution in [-0.2, 0) is 17.8 Å². The molecule has 1 aromatic carbocycles. The van der Waals surface area contributed by atoms with Crippen LogP contribution in [0, 0.1) is 11.3 Å². The van der Waals surface area contributed by atoms with Gasteiger partial charge in [-0.1, -0.05) is 39.8 Å². The molecule has 1 atom stereocenters. The number of aromatic nitrogens is 2. The molecular formula is C18H26N2O. The van der Waals surface area contributed by atoms with Crippen LogP contribution in [0.3, 0.4) is 0 Å². The van der Waals surface area contributed by atoms with Gasteiger partial charge in [0.25, 0.3) is 0 Å². The Morgan fingerprint density at radius 1 is 1.29 bits per heavy atom. The Morgan fingerprint density at radius 2 is 1.95 bits per heavy atom. The summed E-state index contributed by atoms with van der Waals surface area (Å²) in [5.74, 6) is 1.55. The number of rotatable bonds is 5. The molecular weight excluding hydrogens is 260 g/mol. The van der Waals surface area contributed by atoms with Gasteiger partial charge in [-0.2, -0.15) is 0 Å². The summed E-state index contributed by atoms with van der Waals surface area (Å²) in [5, 5.41) is 0. The molecule has 2 rings (SSSR count). The summed E-state index contributed by atoms with van der Waals surface area (Å²) in [5.41, 5.74) is 2.26. The van der Waals surface area contributed by atoms with Gasteiger partial charge in [0.2, 0.25) is 0 Å². The summed E-state index contributed by atoms with van der Waals surface area (Å²) in [6, 6.07) is 8.08. The van der Waals surface area contributed by atoms with Gasteiger partial charge < -0.3 is 4.57 Å². The molecule has 0 saturated heterocycles. The Morgan fingerprint density at radius 3 is 2.57 bits per heavy atom. The number of carbonyl (C=O) groups is 1. The highest BCUT2D eigenvalue weighted by molar-refractivity contribution is 5.82. The molecule has 0 amide bonds. The molecule has 0 spiro atoms. The van der Waals surface area contributed by atoms with E-state index in [2.05, 4.69) is 50.2 Å². The zero-order chi connectivity index (χ0) is 15.6. The van der Waals surface area contributed by atoms with Crippen molar-refractivity contribution in [3.8, 4) is 0 Å². The van der Waals surface area contributed by atoms with Gasteiger partial charge in [-0.05, 0) is 30.4 Å². The number of imidazole rings is 1. The van der Waals surface area contributed by atoms with E-state index in [1.54, 1.807) is 0 Å². The van der Waals surface area contributed by atoms with Crippen LogP contribution in [-0.4, -0.2) is 15.3 Å². The molecule has 3 nitrogen and oxygen atoms in total. The van der Waals surface area contributed by atoms with E-state index in [1.807, 2.05) is 18.2 Å². The summed E-state index contributed by atoms with van der Waals surface area (Å²) < 4.78 is 2.15. The first kappa shape index (κ1) is 15.7. The summed E-state index contributed by atoms with van der Waals surface area (Å²) in [6.45, 7) is 11.7. The molecule has 0 bridgehead atoms. The maximum absolute atomic E-state index is 12.4. The number of fused-ring (bicyclic) bond motifs is 1. The first-order chi connectivity index (χ1) is 9.82. The Labute approximate surface area is 127 Å². The van der Waals surface area contributed by atoms with Crippen LogP contribution in [0.1, 0.15) is 46.9 Å². The van der Waals surface area contributed by atoms with Crippen LogP contribution >= 0.6 is 0 Å². The predicted molar refractivity (Wildman–Crippen MR) is 87.4 cm³/mol. The van der Waals surface area contributed by atoms with E-state index in [-0.39, 0.29) is 11.2 Å². The van der Waals surface area contributed by atoms with Gasteiger partial charge in [-0.25, -0.2) is 4.98 Å². The zero-order valence-corrected chi connectivity index (χ0v) is 13.8. The molecule has 0 radical (unpaired) electrons. The molecule has 0 aliphatic heterocycles. The van der Waals surface area contributed by atoms with Crippen LogP contribution in [0.4, 0.5) is 0 Å². The van der Waals surface area contributed by atoms with Crippen molar-refractivity contribution in [1.29, 1.82) is 0 Å². The lowest BCUT2D eigenvalue weighted by Gasteiger charge is -2.26. The van der Waals surface area contributed by atoms with Crippen molar-refractivity contribution in [3.05, 3.63) is 30.1 Å². The Kier molecular flexibility index (Phi) is 4.50. The van der Waals surface area contributed by atoms with Crippen molar-refractivity contribution in [3.63, 3.8) is 0 Å². The van der Waals surface area contributed by atoms with Gasteiger partial charge in [0, 0.05) is 13.0 Å². The molecule has 114 valence electrons. The van der Waals surface area contributed by atoms with Crippen LogP contribution < -0.4 is 0 Å². The highest BCUT2D eigenvalue weighted by Crippen LogP contribution is 2.28. The second kappa shape index (κ2) is 6.00. The number of hydrogen-bond acceptors (Lipinski definition) is 2. The molecule has 3 heteroatoms. The lowest BCUT2D eigenvalue weighted by atomic mass is 9.79. The number of carbonyl (C=O) groups excluding carboxylic acids is 1. The third-order valence-corrected chi connectivity index (χ3v) is 4.42. The van der Waals surface area contributed by atoms with Gasteiger partial charge >= 0.3 is 0 Å². The van der Waals surface area contributed by atoms with E-state index in [1.165, 1.54) is 0 Å². The van der Waals surface area contributed by atoms with Crippen molar-refractivity contribution in [2.24, 2.45) is 11.3 Å². The SMILES string of the molecule is CCn1c(CC(=O)CC(C)C(C)(C)C)nc2ccccc21. The lowest BCUT2D eigenvalue weighted by Crippen LogP contribution is -2.22. The van der Waals surface area contributed by atoms with Crippen LogP contribution in [0.25, 0.3) is 11.0 Å². The molecule has 0 aliphatic rings. The van der Waals surface area contributed by atoms with Gasteiger partial charge in [-0.3, -0.25) is 4.79 Å². The fourth-order valence-corrected chi connectivity index (χ4v) is 2.51. The van der Waals surface area contributed by atoms with Crippen LogP contribution in [0.2, 0.25) is 0 Å². The molecule has 0 fully saturated rings. The summed E-state index contributed by atoms with van der Waals surface area (Å²) in [7, 11) is 0. The number of nitrogens with zero attached hydrogens (tertiary/aromatic N) is 2. The number of benzene rings is 1. The van der Waals surface area contributed by atoms with Crippen molar-refractivity contribution < 1.29 is 4.79 Å². The lowest BCUT2D eigenvalue weighted by molar-refractivity contribution is -0.120. The smallest absolute Gasteiger partial charge is 0.140 e. The van der Waals surface area contributed by atoms with Crippen LogP contribution in [0.5, 0.6) is 0 Å². The molecule has 21 heavy (non-hydrogen) atoms. The van der Waals surface area contributed by atoms with Gasteiger partial charge in [-0.15, -0.1) is 0 Å². The van der Waals surface area contributed by atoms with Crippen molar-refractivity contribution in [2.75, 3.05) is 0 Å². The molecule has 1 heterocycles. The van der Waals surface area contributed by atoms with Gasteiger partial charge in [0.05, 0.1) is 17.5 Å². The predicted octanol–water partition coefficient (Wildman–Crippen LogP) is 4.24. The first-order valence-corrected chi connectivity index (χ1v) is 7.78. The highest BCUT2D eigenvalue weighted by Gasteiger charge is 2.23. The van der Waals surface area contributed by atoms with E-state index < -0.39 is 0 Å². The Hall–Kier alpha value is -1.64. The number of Topliss-reactive ketones (excluding diaryl/α,β-unsaturated/α-hetero) is 1. The molecule has 2 aromatic rings.